The number of aryl methyl sites for hydroxylation is 2. The summed E-state index contributed by atoms with van der Waals surface area (Å²) in [6.45, 7) is 3.74. The number of benzene rings is 3. The Morgan fingerprint density at radius 2 is 1.37 bits per heavy atom. The average Bonchev–Trinajstić information content (AvgIpc) is 2.72. The normalized spacial score (nSPS) is 12.3. The molecule has 3 rings (SSSR count). The molecule has 0 spiro atoms. The molecule has 0 aliphatic carbocycles. The third-order valence-electron chi connectivity index (χ3n) is 4.60. The van der Waals surface area contributed by atoms with Crippen LogP contribution in [0.2, 0.25) is 0 Å². The number of alkyl halides is 3. The first-order valence-corrected chi connectivity index (χ1v) is 9.21. The van der Waals surface area contributed by atoms with E-state index < -0.39 is 29.6 Å². The number of Topliss-reactive ketones (excluding diaryl/α,β-unsaturated/α-hetero) is 1. The lowest BCUT2D eigenvalue weighted by Crippen LogP contribution is -2.21. The molecule has 0 aliphatic heterocycles. The quantitative estimate of drug-likeness (QED) is 0.375. The molecule has 0 fully saturated rings. The van der Waals surface area contributed by atoms with Crippen molar-refractivity contribution in [2.24, 2.45) is 0 Å². The van der Waals surface area contributed by atoms with Gasteiger partial charge < -0.3 is 4.74 Å². The predicted molar refractivity (Wildman–Crippen MR) is 106 cm³/mol. The second-order valence-corrected chi connectivity index (χ2v) is 7.00. The SMILES string of the molecule is Cc1ccc(C(=O)[C@H](OC(=O)c2cccc(C(F)(F)F)c2)c2ccc(C)cc2)cc1. The smallest absolute Gasteiger partial charge is 0.416 e. The molecule has 0 bridgehead atoms. The molecule has 3 aromatic carbocycles. The van der Waals surface area contributed by atoms with Crippen molar-refractivity contribution in [2.75, 3.05) is 0 Å². The molecule has 30 heavy (non-hydrogen) atoms. The van der Waals surface area contributed by atoms with Crippen LogP contribution in [0.1, 0.15) is 49.1 Å². The zero-order valence-electron chi connectivity index (χ0n) is 16.4. The van der Waals surface area contributed by atoms with Crippen LogP contribution in [0.3, 0.4) is 0 Å². The minimum Gasteiger partial charge on any atom is -0.445 e. The van der Waals surface area contributed by atoms with Crippen molar-refractivity contribution in [2.45, 2.75) is 26.1 Å². The fourth-order valence-corrected chi connectivity index (χ4v) is 2.88. The Hall–Kier alpha value is -3.41. The Bertz CT molecular complexity index is 1050. The topological polar surface area (TPSA) is 43.4 Å². The molecule has 0 saturated carbocycles. The Morgan fingerprint density at radius 1 is 0.800 bits per heavy atom. The van der Waals surface area contributed by atoms with E-state index in [2.05, 4.69) is 0 Å². The number of rotatable bonds is 5. The molecule has 1 atom stereocenters. The van der Waals surface area contributed by atoms with Crippen LogP contribution in [0.4, 0.5) is 13.2 Å². The van der Waals surface area contributed by atoms with Crippen molar-refractivity contribution in [3.63, 3.8) is 0 Å². The van der Waals surface area contributed by atoms with Crippen molar-refractivity contribution in [1.29, 1.82) is 0 Å². The number of ether oxygens (including phenoxy) is 1. The van der Waals surface area contributed by atoms with E-state index in [4.69, 9.17) is 4.74 Å². The average molecular weight is 412 g/mol. The highest BCUT2D eigenvalue weighted by Crippen LogP contribution is 2.30. The molecular formula is C24H19F3O3. The molecule has 154 valence electrons. The lowest BCUT2D eigenvalue weighted by Gasteiger charge is -2.18. The van der Waals surface area contributed by atoms with E-state index in [9.17, 15) is 22.8 Å². The Morgan fingerprint density at radius 3 is 1.93 bits per heavy atom. The van der Waals surface area contributed by atoms with Crippen LogP contribution in [-0.4, -0.2) is 11.8 Å². The van der Waals surface area contributed by atoms with Crippen LogP contribution in [0.5, 0.6) is 0 Å². The molecule has 0 heterocycles. The fourth-order valence-electron chi connectivity index (χ4n) is 2.88. The van der Waals surface area contributed by atoms with E-state index in [0.29, 0.717) is 17.2 Å². The third kappa shape index (κ3) is 4.95. The van der Waals surface area contributed by atoms with Gasteiger partial charge in [0.1, 0.15) is 0 Å². The lowest BCUT2D eigenvalue weighted by molar-refractivity contribution is -0.137. The molecule has 0 unspecified atom stereocenters. The number of ketones is 1. The van der Waals surface area contributed by atoms with Gasteiger partial charge in [-0.1, -0.05) is 65.7 Å². The van der Waals surface area contributed by atoms with Gasteiger partial charge in [-0.2, -0.15) is 13.2 Å². The summed E-state index contributed by atoms with van der Waals surface area (Å²) in [5.74, 6) is -1.47. The first kappa shape index (κ1) is 21.3. The van der Waals surface area contributed by atoms with Gasteiger partial charge in [-0.05, 0) is 32.0 Å². The number of carbonyl (C=O) groups excluding carboxylic acids is 2. The van der Waals surface area contributed by atoms with Crippen molar-refractivity contribution >= 4 is 11.8 Å². The van der Waals surface area contributed by atoms with Crippen LogP contribution in [0.25, 0.3) is 0 Å². The van der Waals surface area contributed by atoms with E-state index in [0.717, 1.165) is 23.3 Å². The van der Waals surface area contributed by atoms with Crippen LogP contribution >= 0.6 is 0 Å². The number of hydrogen-bond acceptors (Lipinski definition) is 3. The second kappa shape index (κ2) is 8.53. The Kier molecular flexibility index (Phi) is 6.06. The molecule has 3 nitrogen and oxygen atoms in total. The minimum atomic E-state index is -4.59. The standard InChI is InChI=1S/C24H19F3O3/c1-15-6-10-17(11-7-15)21(28)22(18-12-8-16(2)9-13-18)30-23(29)19-4-3-5-20(14-19)24(25,26)27/h3-14,22H,1-2H3/t22-/m1/s1. The Labute approximate surface area is 172 Å². The molecule has 0 aromatic heterocycles. The van der Waals surface area contributed by atoms with Gasteiger partial charge in [-0.3, -0.25) is 4.79 Å². The third-order valence-corrected chi connectivity index (χ3v) is 4.60. The summed E-state index contributed by atoms with van der Waals surface area (Å²) >= 11 is 0. The van der Waals surface area contributed by atoms with Gasteiger partial charge >= 0.3 is 12.1 Å². The minimum absolute atomic E-state index is 0.279. The van der Waals surface area contributed by atoms with Gasteiger partial charge in [-0.25, -0.2) is 4.79 Å². The number of esters is 1. The molecule has 0 N–H and O–H groups in total. The van der Waals surface area contributed by atoms with Crippen LogP contribution in [0.15, 0.2) is 72.8 Å². The van der Waals surface area contributed by atoms with Gasteiger partial charge in [0.05, 0.1) is 11.1 Å². The van der Waals surface area contributed by atoms with Gasteiger partial charge in [0.25, 0.3) is 0 Å². The maximum atomic E-state index is 13.1. The van der Waals surface area contributed by atoms with Crippen LogP contribution < -0.4 is 0 Å². The van der Waals surface area contributed by atoms with Crippen molar-refractivity contribution in [1.82, 2.24) is 0 Å². The van der Waals surface area contributed by atoms with Gasteiger partial charge in [-0.15, -0.1) is 0 Å². The highest BCUT2D eigenvalue weighted by Gasteiger charge is 2.32. The molecule has 0 amide bonds. The number of halogens is 3. The first-order chi connectivity index (χ1) is 14.1. The molecular weight excluding hydrogens is 393 g/mol. The maximum absolute atomic E-state index is 13.1. The lowest BCUT2D eigenvalue weighted by atomic mass is 9.98. The monoisotopic (exact) mass is 412 g/mol. The summed E-state index contributed by atoms with van der Waals surface area (Å²) in [6.07, 6.45) is -5.87. The molecule has 0 aliphatic rings. The van der Waals surface area contributed by atoms with E-state index in [1.165, 1.54) is 6.07 Å². The highest BCUT2D eigenvalue weighted by molar-refractivity contribution is 6.02. The van der Waals surface area contributed by atoms with Crippen molar-refractivity contribution < 1.29 is 27.5 Å². The largest absolute Gasteiger partial charge is 0.445 e. The van der Waals surface area contributed by atoms with Gasteiger partial charge in [0.2, 0.25) is 5.78 Å². The summed E-state index contributed by atoms with van der Waals surface area (Å²) in [7, 11) is 0. The van der Waals surface area contributed by atoms with Crippen LogP contribution in [0, 0.1) is 13.8 Å². The summed E-state index contributed by atoms with van der Waals surface area (Å²) in [6, 6.07) is 17.5. The van der Waals surface area contributed by atoms with Gasteiger partial charge in [0, 0.05) is 11.1 Å². The zero-order valence-corrected chi connectivity index (χ0v) is 16.4. The molecule has 0 radical (unpaired) electrons. The summed E-state index contributed by atoms with van der Waals surface area (Å²) in [4.78, 5) is 25.7. The number of carbonyl (C=O) groups is 2. The number of hydrogen-bond donors (Lipinski definition) is 0. The van der Waals surface area contributed by atoms with Crippen molar-refractivity contribution in [3.8, 4) is 0 Å². The fraction of sp³-hybridized carbons (Fsp3) is 0.167. The summed E-state index contributed by atoms with van der Waals surface area (Å²) in [5, 5.41) is 0. The van der Waals surface area contributed by atoms with E-state index in [-0.39, 0.29) is 5.56 Å². The summed E-state index contributed by atoms with van der Waals surface area (Å²) < 4.78 is 44.3. The maximum Gasteiger partial charge on any atom is 0.416 e. The molecule has 0 saturated heterocycles. The molecule has 3 aromatic rings. The Balaban J connectivity index is 1.94. The predicted octanol–water partition coefficient (Wildman–Crippen LogP) is 6.10. The van der Waals surface area contributed by atoms with Gasteiger partial charge in [0.15, 0.2) is 6.10 Å². The van der Waals surface area contributed by atoms with Crippen molar-refractivity contribution in [3.05, 3.63) is 106 Å². The second-order valence-electron chi connectivity index (χ2n) is 7.00. The van der Waals surface area contributed by atoms with E-state index in [1.807, 2.05) is 13.8 Å². The zero-order chi connectivity index (χ0) is 21.9. The highest BCUT2D eigenvalue weighted by atomic mass is 19.4. The van der Waals surface area contributed by atoms with E-state index in [1.54, 1.807) is 48.5 Å². The molecule has 6 heteroatoms. The van der Waals surface area contributed by atoms with Crippen LogP contribution in [-0.2, 0) is 10.9 Å². The van der Waals surface area contributed by atoms with E-state index >= 15 is 0 Å². The first-order valence-electron chi connectivity index (χ1n) is 9.21. The summed E-state index contributed by atoms with van der Waals surface area (Å²) in [5.41, 5.74) is 1.44.